The van der Waals surface area contributed by atoms with Gasteiger partial charge in [0.2, 0.25) is 5.78 Å². The number of nitrogens with one attached hydrogen (secondary N) is 3. The number of hydrogen-bond donors (Lipinski definition) is 3. The van der Waals surface area contributed by atoms with Crippen LogP contribution in [0.5, 0.6) is 0 Å². The summed E-state index contributed by atoms with van der Waals surface area (Å²) in [7, 11) is 3.90. The van der Waals surface area contributed by atoms with Crippen molar-refractivity contribution in [3.8, 4) is 0 Å². The molecule has 2 aromatic carbocycles. The van der Waals surface area contributed by atoms with Crippen LogP contribution in [0.1, 0.15) is 42.9 Å². The summed E-state index contributed by atoms with van der Waals surface area (Å²) in [5, 5.41) is 14.4. The molecule has 212 valence electrons. The molecule has 3 heterocycles. The molecular weight excluding hydrogens is 506 g/mol. The fraction of sp³-hybridized carbons (Fsp3) is 0.467. The molecule has 2 atom stereocenters. The Morgan fingerprint density at radius 3 is 2.75 bits per heavy atom. The monoisotopic (exact) mass is 545 g/mol. The van der Waals surface area contributed by atoms with Crippen molar-refractivity contribution < 1.29 is 14.4 Å². The van der Waals surface area contributed by atoms with Crippen molar-refractivity contribution in [1.29, 1.82) is 0 Å². The van der Waals surface area contributed by atoms with Crippen LogP contribution >= 0.6 is 0 Å². The van der Waals surface area contributed by atoms with Crippen LogP contribution in [0.4, 0.5) is 10.5 Å². The first-order valence-corrected chi connectivity index (χ1v) is 14.0. The Hall–Kier alpha value is -3.76. The molecule has 2 unspecified atom stereocenters. The smallest absolute Gasteiger partial charge is 0.319 e. The van der Waals surface area contributed by atoms with Crippen LogP contribution in [0.3, 0.4) is 0 Å². The van der Waals surface area contributed by atoms with E-state index in [1.807, 2.05) is 56.4 Å². The third-order valence-corrected chi connectivity index (χ3v) is 8.31. The number of rotatable bonds is 9. The molecule has 0 saturated carbocycles. The highest BCUT2D eigenvalue weighted by Gasteiger charge is 2.46. The maximum Gasteiger partial charge on any atom is 0.319 e. The fourth-order valence-corrected chi connectivity index (χ4v) is 6.21. The minimum absolute atomic E-state index is 0.0947. The zero-order valence-electron chi connectivity index (χ0n) is 23.8. The van der Waals surface area contributed by atoms with Crippen LogP contribution in [0.15, 0.2) is 42.6 Å². The van der Waals surface area contributed by atoms with E-state index in [1.54, 1.807) is 4.90 Å². The predicted octanol–water partition coefficient (Wildman–Crippen LogP) is 3.24. The lowest BCUT2D eigenvalue weighted by Gasteiger charge is -2.49. The molecule has 5 rings (SSSR count). The lowest BCUT2D eigenvalue weighted by atomic mass is 9.75. The van der Waals surface area contributed by atoms with E-state index < -0.39 is 11.4 Å². The van der Waals surface area contributed by atoms with Gasteiger partial charge < -0.3 is 20.4 Å². The van der Waals surface area contributed by atoms with Gasteiger partial charge in [0.1, 0.15) is 0 Å². The largest absolute Gasteiger partial charge is 0.335 e. The van der Waals surface area contributed by atoms with Crippen molar-refractivity contribution in [2.45, 2.75) is 51.2 Å². The maximum atomic E-state index is 13.5. The number of carbonyl (C=O) groups is 3. The Morgan fingerprint density at radius 2 is 1.98 bits per heavy atom. The van der Waals surface area contributed by atoms with Crippen molar-refractivity contribution >= 4 is 34.3 Å². The highest BCUT2D eigenvalue weighted by Crippen LogP contribution is 2.42. The van der Waals surface area contributed by atoms with E-state index >= 15 is 0 Å². The number of nitrogens with zero attached hydrogens (tertiary/aromatic N) is 4. The summed E-state index contributed by atoms with van der Waals surface area (Å²) in [6, 6.07) is 11.6. The molecule has 1 spiro atoms. The van der Waals surface area contributed by atoms with Gasteiger partial charge in [0.05, 0.1) is 17.3 Å². The molecule has 1 saturated heterocycles. The summed E-state index contributed by atoms with van der Waals surface area (Å²) in [5.74, 6) is -0.822. The van der Waals surface area contributed by atoms with E-state index in [0.29, 0.717) is 45.6 Å². The first-order valence-electron chi connectivity index (χ1n) is 14.0. The van der Waals surface area contributed by atoms with E-state index in [0.717, 1.165) is 33.3 Å². The van der Waals surface area contributed by atoms with Gasteiger partial charge in [0, 0.05) is 61.8 Å². The number of fused-ring (bicyclic) bond motifs is 3. The molecule has 10 heteroatoms. The van der Waals surface area contributed by atoms with Crippen LogP contribution in [-0.2, 0) is 21.7 Å². The zero-order valence-corrected chi connectivity index (χ0v) is 23.8. The van der Waals surface area contributed by atoms with Crippen LogP contribution in [0.2, 0.25) is 0 Å². The predicted molar refractivity (Wildman–Crippen MR) is 155 cm³/mol. The van der Waals surface area contributed by atoms with Crippen molar-refractivity contribution in [3.05, 3.63) is 59.3 Å². The summed E-state index contributed by atoms with van der Waals surface area (Å²) in [4.78, 5) is 45.4. The number of urea groups is 1. The number of H-pyrrole nitrogens is 1. The van der Waals surface area contributed by atoms with Gasteiger partial charge in [-0.2, -0.15) is 5.10 Å². The Labute approximate surface area is 235 Å². The Kier molecular flexibility index (Phi) is 7.91. The molecule has 2 aliphatic heterocycles. The number of aromatic amines is 1. The second-order valence-corrected chi connectivity index (χ2v) is 11.3. The van der Waals surface area contributed by atoms with Crippen LogP contribution in [-0.4, -0.2) is 88.9 Å². The number of anilines is 1. The number of hydrogen-bond acceptors (Lipinski definition) is 6. The molecule has 2 aliphatic rings. The molecule has 0 bridgehead atoms. The summed E-state index contributed by atoms with van der Waals surface area (Å²) in [6.07, 6.45) is 3.16. The average molecular weight is 546 g/mol. The molecule has 0 aliphatic carbocycles. The number of ketones is 1. The van der Waals surface area contributed by atoms with Gasteiger partial charge in [-0.3, -0.25) is 19.6 Å². The van der Waals surface area contributed by atoms with Gasteiger partial charge in [-0.05, 0) is 64.0 Å². The van der Waals surface area contributed by atoms with Crippen LogP contribution in [0, 0.1) is 6.92 Å². The number of carbonyl (C=O) groups excluding carboxylic acids is 3. The van der Waals surface area contributed by atoms with E-state index in [1.165, 1.54) is 0 Å². The molecule has 0 radical (unpaired) electrons. The van der Waals surface area contributed by atoms with E-state index in [4.69, 9.17) is 0 Å². The standard InChI is InChI=1S/C30H39N7O3/c1-5-36(13-12-35(3)4)28(39)26(38)16-23-17-30(24-8-6-7-9-25(24)32-29(40)33-30)10-11-37(23)19-21-14-20(2)27-22(15-21)18-31-34-27/h6-9,14-15,18,23H,5,10-13,16-17,19H2,1-4H3,(H,31,34)(H2,32,33,40). The molecule has 3 aromatic rings. The van der Waals surface area contributed by atoms with Gasteiger partial charge >= 0.3 is 6.03 Å². The van der Waals surface area contributed by atoms with E-state index in [-0.39, 0.29) is 24.3 Å². The first-order chi connectivity index (χ1) is 19.2. The Balaban J connectivity index is 1.43. The summed E-state index contributed by atoms with van der Waals surface area (Å²) >= 11 is 0. The Bertz CT molecular complexity index is 1420. The molecule has 40 heavy (non-hydrogen) atoms. The fourth-order valence-electron chi connectivity index (χ4n) is 6.21. The maximum absolute atomic E-state index is 13.5. The molecule has 10 nitrogen and oxygen atoms in total. The molecule has 3 N–H and O–H groups in total. The summed E-state index contributed by atoms with van der Waals surface area (Å²) < 4.78 is 0. The van der Waals surface area contributed by atoms with Gasteiger partial charge in [0.25, 0.3) is 5.91 Å². The van der Waals surface area contributed by atoms with Gasteiger partial charge in [0.15, 0.2) is 0 Å². The Morgan fingerprint density at radius 1 is 1.18 bits per heavy atom. The van der Waals surface area contributed by atoms with E-state index in [2.05, 4.69) is 44.8 Å². The number of aryl methyl sites for hydroxylation is 1. The van der Waals surface area contributed by atoms with Gasteiger partial charge in [-0.25, -0.2) is 4.79 Å². The third-order valence-electron chi connectivity index (χ3n) is 8.31. The lowest BCUT2D eigenvalue weighted by molar-refractivity contribution is -0.145. The van der Waals surface area contributed by atoms with Gasteiger partial charge in [-0.15, -0.1) is 0 Å². The number of likely N-dealkylation sites (N-methyl/N-ethyl adjacent to an activating group) is 2. The van der Waals surface area contributed by atoms with Crippen molar-refractivity contribution in [2.24, 2.45) is 0 Å². The minimum atomic E-state index is -0.608. The second-order valence-electron chi connectivity index (χ2n) is 11.3. The second kappa shape index (κ2) is 11.4. The summed E-state index contributed by atoms with van der Waals surface area (Å²) in [6.45, 7) is 6.94. The number of likely N-dealkylation sites (tertiary alicyclic amines) is 1. The average Bonchev–Trinajstić information content (AvgIpc) is 3.40. The number of piperidine rings is 1. The van der Waals surface area contributed by atoms with Crippen LogP contribution in [0.25, 0.3) is 10.9 Å². The topological polar surface area (TPSA) is 114 Å². The third kappa shape index (κ3) is 5.59. The van der Waals surface area contributed by atoms with Crippen LogP contribution < -0.4 is 10.6 Å². The molecular formula is C30H39N7O3. The number of Topliss-reactive ketones (excluding diaryl/α,β-unsaturated/α-hetero) is 1. The number of benzene rings is 2. The summed E-state index contributed by atoms with van der Waals surface area (Å²) in [5.41, 5.74) is 4.47. The minimum Gasteiger partial charge on any atom is -0.335 e. The van der Waals surface area contributed by atoms with Gasteiger partial charge in [-0.1, -0.05) is 24.3 Å². The SMILES string of the molecule is CCN(CCN(C)C)C(=O)C(=O)CC1CC2(CCN1Cc1cc(C)c3[nH]ncc3c1)NC(=O)Nc1ccccc12. The number of amides is 3. The van der Waals surface area contributed by atoms with Crippen molar-refractivity contribution in [1.82, 2.24) is 30.2 Å². The molecule has 1 aromatic heterocycles. The van der Waals surface area contributed by atoms with Crippen molar-refractivity contribution in [3.63, 3.8) is 0 Å². The number of para-hydroxylation sites is 1. The quantitative estimate of drug-likeness (QED) is 0.356. The normalized spacial score (nSPS) is 20.8. The first kappa shape index (κ1) is 27.8. The highest BCUT2D eigenvalue weighted by atomic mass is 16.2. The highest BCUT2D eigenvalue weighted by molar-refractivity contribution is 6.36. The molecule has 1 fully saturated rings. The lowest BCUT2D eigenvalue weighted by Crippen LogP contribution is -2.60. The number of aromatic nitrogens is 2. The van der Waals surface area contributed by atoms with E-state index in [9.17, 15) is 14.4 Å². The van der Waals surface area contributed by atoms with Crippen molar-refractivity contribution in [2.75, 3.05) is 45.6 Å². The molecule has 3 amide bonds. The zero-order chi connectivity index (χ0) is 28.4.